The molecule has 0 bridgehead atoms. The maximum Gasteiger partial charge on any atom is 0.0366 e. The van der Waals surface area contributed by atoms with Gasteiger partial charge in [-0.3, -0.25) is 0 Å². The molecule has 1 heterocycles. The summed E-state index contributed by atoms with van der Waals surface area (Å²) >= 11 is 0. The van der Waals surface area contributed by atoms with E-state index in [1.807, 2.05) is 0 Å². The Morgan fingerprint density at radius 2 is 1.75 bits per heavy atom. The Bertz CT molecular complexity index is 446. The molecule has 20 heavy (non-hydrogen) atoms. The number of nitrogens with one attached hydrogen (secondary N) is 1. The summed E-state index contributed by atoms with van der Waals surface area (Å²) in [5.41, 5.74) is 1.94. The van der Waals surface area contributed by atoms with Crippen molar-refractivity contribution < 1.29 is 0 Å². The van der Waals surface area contributed by atoms with Gasteiger partial charge in [0.2, 0.25) is 0 Å². The number of anilines is 1. The average molecular weight is 270 g/mol. The molecule has 1 saturated heterocycles. The van der Waals surface area contributed by atoms with Crippen LogP contribution in [-0.4, -0.2) is 24.7 Å². The van der Waals surface area contributed by atoms with Crippen molar-refractivity contribution in [1.29, 1.82) is 0 Å². The summed E-state index contributed by atoms with van der Waals surface area (Å²) in [5, 5.41) is 4.07. The van der Waals surface area contributed by atoms with Crippen LogP contribution < -0.4 is 10.2 Å². The lowest BCUT2D eigenvalue weighted by Gasteiger charge is -2.28. The summed E-state index contributed by atoms with van der Waals surface area (Å²) in [7, 11) is 0. The second-order valence-electron chi connectivity index (χ2n) is 7.05. The predicted molar refractivity (Wildman–Crippen MR) is 84.1 cm³/mol. The first-order chi connectivity index (χ1) is 9.86. The molecule has 3 fully saturated rings. The van der Waals surface area contributed by atoms with Crippen molar-refractivity contribution in [3.05, 3.63) is 30.3 Å². The second-order valence-corrected chi connectivity index (χ2v) is 7.05. The molecule has 0 spiro atoms. The SMILES string of the molecule is c1ccc(N2CCC(NC3(C4CCCC4)CC3)C2)cc1. The Morgan fingerprint density at radius 1 is 1.00 bits per heavy atom. The van der Waals surface area contributed by atoms with Gasteiger partial charge in [0.1, 0.15) is 0 Å². The number of rotatable bonds is 4. The van der Waals surface area contributed by atoms with Crippen molar-refractivity contribution in [2.75, 3.05) is 18.0 Å². The van der Waals surface area contributed by atoms with Gasteiger partial charge in [-0.1, -0.05) is 31.0 Å². The minimum absolute atomic E-state index is 0.549. The Kier molecular flexibility index (Phi) is 3.22. The fourth-order valence-corrected chi connectivity index (χ4v) is 4.44. The Balaban J connectivity index is 1.37. The first kappa shape index (κ1) is 12.7. The molecule has 1 aliphatic heterocycles. The topological polar surface area (TPSA) is 15.3 Å². The lowest BCUT2D eigenvalue weighted by Crippen LogP contribution is -2.45. The maximum absolute atomic E-state index is 4.07. The van der Waals surface area contributed by atoms with Gasteiger partial charge >= 0.3 is 0 Å². The van der Waals surface area contributed by atoms with Crippen molar-refractivity contribution in [3.8, 4) is 0 Å². The number of nitrogens with zero attached hydrogens (tertiary/aromatic N) is 1. The summed E-state index contributed by atoms with van der Waals surface area (Å²) in [6, 6.07) is 11.6. The highest BCUT2D eigenvalue weighted by molar-refractivity contribution is 5.47. The Morgan fingerprint density at radius 3 is 2.45 bits per heavy atom. The van der Waals surface area contributed by atoms with Crippen molar-refractivity contribution >= 4 is 5.69 Å². The third kappa shape index (κ3) is 2.35. The minimum Gasteiger partial charge on any atom is -0.370 e. The number of para-hydroxylation sites is 1. The molecule has 108 valence electrons. The van der Waals surface area contributed by atoms with E-state index in [2.05, 4.69) is 40.5 Å². The highest BCUT2D eigenvalue weighted by Gasteiger charge is 2.50. The van der Waals surface area contributed by atoms with E-state index in [1.165, 1.54) is 63.7 Å². The van der Waals surface area contributed by atoms with Crippen molar-refractivity contribution in [1.82, 2.24) is 5.32 Å². The zero-order valence-electron chi connectivity index (χ0n) is 12.4. The Hall–Kier alpha value is -1.02. The normalized spacial score (nSPS) is 29.0. The van der Waals surface area contributed by atoms with Crippen molar-refractivity contribution in [2.45, 2.75) is 56.5 Å². The average Bonchev–Trinajstić information content (AvgIpc) is 2.94. The van der Waals surface area contributed by atoms with Gasteiger partial charge in [-0.2, -0.15) is 0 Å². The summed E-state index contributed by atoms with van der Waals surface area (Å²) in [5.74, 6) is 0.980. The summed E-state index contributed by atoms with van der Waals surface area (Å²) in [6.45, 7) is 2.40. The van der Waals surface area contributed by atoms with Crippen LogP contribution in [0, 0.1) is 5.92 Å². The first-order valence-corrected chi connectivity index (χ1v) is 8.43. The molecule has 1 aromatic rings. The number of hydrogen-bond acceptors (Lipinski definition) is 2. The number of hydrogen-bond donors (Lipinski definition) is 1. The zero-order valence-corrected chi connectivity index (χ0v) is 12.4. The highest BCUT2D eigenvalue weighted by atomic mass is 15.2. The third-order valence-electron chi connectivity index (χ3n) is 5.73. The van der Waals surface area contributed by atoms with Gasteiger partial charge in [-0.15, -0.1) is 0 Å². The first-order valence-electron chi connectivity index (χ1n) is 8.43. The largest absolute Gasteiger partial charge is 0.370 e. The van der Waals surface area contributed by atoms with Gasteiger partial charge in [0.15, 0.2) is 0 Å². The Labute approximate surface area is 122 Å². The van der Waals surface area contributed by atoms with Crippen LogP contribution in [0.25, 0.3) is 0 Å². The van der Waals surface area contributed by atoms with Crippen LogP contribution in [0.3, 0.4) is 0 Å². The van der Waals surface area contributed by atoms with E-state index in [-0.39, 0.29) is 0 Å². The van der Waals surface area contributed by atoms with Gasteiger partial charge in [0.25, 0.3) is 0 Å². The molecule has 2 heteroatoms. The lowest BCUT2D eigenvalue weighted by atomic mass is 9.94. The molecule has 1 aromatic carbocycles. The van der Waals surface area contributed by atoms with Gasteiger partial charge in [0, 0.05) is 30.4 Å². The molecule has 1 N–H and O–H groups in total. The van der Waals surface area contributed by atoms with Crippen LogP contribution in [0.2, 0.25) is 0 Å². The van der Waals surface area contributed by atoms with E-state index >= 15 is 0 Å². The minimum atomic E-state index is 0.549. The lowest BCUT2D eigenvalue weighted by molar-refractivity contribution is 0.309. The molecule has 3 aliphatic rings. The monoisotopic (exact) mass is 270 g/mol. The van der Waals surface area contributed by atoms with Crippen LogP contribution in [0.1, 0.15) is 44.9 Å². The van der Waals surface area contributed by atoms with Gasteiger partial charge in [-0.05, 0) is 50.2 Å². The van der Waals surface area contributed by atoms with Crippen LogP contribution in [0.15, 0.2) is 30.3 Å². The zero-order chi connectivity index (χ0) is 13.4. The molecule has 4 rings (SSSR count). The molecule has 2 nitrogen and oxygen atoms in total. The molecular weight excluding hydrogens is 244 g/mol. The highest BCUT2D eigenvalue weighted by Crippen LogP contribution is 2.49. The standard InChI is InChI=1S/C18H26N2/c1-2-8-17(9-3-1)20-13-10-16(14-20)19-18(11-12-18)15-6-4-5-7-15/h1-3,8-9,15-16,19H,4-7,10-14H2. The molecule has 1 unspecified atom stereocenters. The summed E-state index contributed by atoms with van der Waals surface area (Å²) in [6.07, 6.45) is 10.1. The van der Waals surface area contributed by atoms with Gasteiger partial charge in [0.05, 0.1) is 0 Å². The van der Waals surface area contributed by atoms with Crippen LogP contribution in [0.5, 0.6) is 0 Å². The van der Waals surface area contributed by atoms with E-state index < -0.39 is 0 Å². The van der Waals surface area contributed by atoms with E-state index in [0.717, 1.165) is 5.92 Å². The predicted octanol–water partition coefficient (Wildman–Crippen LogP) is 3.58. The smallest absolute Gasteiger partial charge is 0.0366 e. The molecular formula is C18H26N2. The van der Waals surface area contributed by atoms with E-state index in [4.69, 9.17) is 0 Å². The second kappa shape index (κ2) is 5.07. The van der Waals surface area contributed by atoms with E-state index in [1.54, 1.807) is 0 Å². The van der Waals surface area contributed by atoms with E-state index in [0.29, 0.717) is 11.6 Å². The summed E-state index contributed by atoms with van der Waals surface area (Å²) in [4.78, 5) is 2.54. The molecule has 0 radical (unpaired) electrons. The van der Waals surface area contributed by atoms with Gasteiger partial charge < -0.3 is 10.2 Å². The van der Waals surface area contributed by atoms with Crippen LogP contribution >= 0.6 is 0 Å². The van der Waals surface area contributed by atoms with Crippen molar-refractivity contribution in [3.63, 3.8) is 0 Å². The maximum atomic E-state index is 4.07. The van der Waals surface area contributed by atoms with Crippen molar-refractivity contribution in [2.24, 2.45) is 5.92 Å². The van der Waals surface area contributed by atoms with Crippen LogP contribution in [-0.2, 0) is 0 Å². The number of benzene rings is 1. The molecule has 1 atom stereocenters. The quantitative estimate of drug-likeness (QED) is 0.899. The van der Waals surface area contributed by atoms with Gasteiger partial charge in [-0.25, -0.2) is 0 Å². The molecule has 2 saturated carbocycles. The van der Waals surface area contributed by atoms with Crippen LogP contribution in [0.4, 0.5) is 5.69 Å². The molecule has 2 aliphatic carbocycles. The summed E-state index contributed by atoms with van der Waals surface area (Å²) < 4.78 is 0. The van der Waals surface area contributed by atoms with E-state index in [9.17, 15) is 0 Å². The molecule has 0 aromatic heterocycles. The fraction of sp³-hybridized carbons (Fsp3) is 0.667. The third-order valence-corrected chi connectivity index (χ3v) is 5.73. The fourth-order valence-electron chi connectivity index (χ4n) is 4.44. The molecule has 0 amide bonds.